The second-order valence-electron chi connectivity index (χ2n) is 5.49. The van der Waals surface area contributed by atoms with E-state index in [0.717, 1.165) is 0 Å². The lowest BCUT2D eigenvalue weighted by Gasteiger charge is -2.40. The molecule has 0 atom stereocenters. The third-order valence-corrected chi connectivity index (χ3v) is 4.67. The summed E-state index contributed by atoms with van der Waals surface area (Å²) in [4.78, 5) is 3.31. The van der Waals surface area contributed by atoms with Gasteiger partial charge in [-0.05, 0) is 33.4 Å². The monoisotopic (exact) mass is 243 g/mol. The molecular weight excluding hydrogens is 230 g/mol. The van der Waals surface area contributed by atoms with Crippen LogP contribution < -0.4 is 0 Å². The Hall–Kier alpha value is -2.28. The molecule has 0 fully saturated rings. The van der Waals surface area contributed by atoms with Crippen LogP contribution in [-0.4, -0.2) is 4.98 Å². The van der Waals surface area contributed by atoms with Crippen molar-refractivity contribution in [2.24, 2.45) is 0 Å². The summed E-state index contributed by atoms with van der Waals surface area (Å²) in [7, 11) is 0. The van der Waals surface area contributed by atoms with Gasteiger partial charge in [0.2, 0.25) is 0 Å². The van der Waals surface area contributed by atoms with E-state index in [9.17, 15) is 0 Å². The third kappa shape index (κ3) is 1.03. The molecule has 0 unspecified atom stereocenters. The van der Waals surface area contributed by atoms with Gasteiger partial charge in [0.1, 0.15) is 0 Å². The second-order valence-corrected chi connectivity index (χ2v) is 5.49. The predicted molar refractivity (Wildman–Crippen MR) is 75.6 cm³/mol. The summed E-state index contributed by atoms with van der Waals surface area (Å²) < 4.78 is 0. The molecule has 3 aliphatic rings. The minimum absolute atomic E-state index is 0.415. The Morgan fingerprint density at radius 2 is 0.895 bits per heavy atom. The van der Waals surface area contributed by atoms with Gasteiger partial charge in [-0.15, -0.1) is 0 Å². The average Bonchev–Trinajstić information content (AvgIpc) is 2.96. The molecule has 19 heavy (non-hydrogen) atoms. The highest BCUT2D eigenvalue weighted by Gasteiger charge is 2.41. The zero-order chi connectivity index (χ0) is 12.4. The molecule has 3 aliphatic carbocycles. The molecular formula is C18H13N. The number of aromatic amines is 1. The maximum atomic E-state index is 3.31. The Morgan fingerprint density at radius 1 is 0.526 bits per heavy atom. The number of benzene rings is 2. The molecule has 0 radical (unpaired) electrons. The van der Waals surface area contributed by atoms with Crippen LogP contribution >= 0.6 is 0 Å². The van der Waals surface area contributed by atoms with E-state index >= 15 is 0 Å². The lowest BCUT2D eigenvalue weighted by Crippen LogP contribution is -2.26. The highest BCUT2D eigenvalue weighted by molar-refractivity contribution is 5.67. The standard InChI is InChI=1S/C18H13N/c1-2-6-12-11(5-1)17-13-7-3-4-8-14(13)18(12)16-10-19-9-15(16)17/h1-10,17-19H. The van der Waals surface area contributed by atoms with Crippen molar-refractivity contribution in [3.8, 4) is 0 Å². The van der Waals surface area contributed by atoms with Crippen LogP contribution in [0.15, 0.2) is 60.9 Å². The zero-order valence-corrected chi connectivity index (χ0v) is 10.4. The molecule has 2 aromatic carbocycles. The van der Waals surface area contributed by atoms with Crippen molar-refractivity contribution in [2.45, 2.75) is 11.8 Å². The van der Waals surface area contributed by atoms with Crippen molar-refractivity contribution >= 4 is 0 Å². The third-order valence-electron chi connectivity index (χ3n) is 4.67. The SMILES string of the molecule is c1ccc2c(c1)C1c3ccccc3C2c2c[nH]cc21. The Balaban J connectivity index is 1.94. The topological polar surface area (TPSA) is 15.8 Å². The Labute approximate surface area is 111 Å². The smallest absolute Gasteiger partial charge is 0.0364 e. The first-order valence-corrected chi connectivity index (χ1v) is 6.79. The van der Waals surface area contributed by atoms with Crippen LogP contribution in [0, 0.1) is 0 Å². The van der Waals surface area contributed by atoms with Gasteiger partial charge in [-0.3, -0.25) is 0 Å². The van der Waals surface area contributed by atoms with Gasteiger partial charge in [0.05, 0.1) is 0 Å². The van der Waals surface area contributed by atoms with Crippen LogP contribution in [0.2, 0.25) is 0 Å². The average molecular weight is 243 g/mol. The van der Waals surface area contributed by atoms with Crippen LogP contribution in [0.5, 0.6) is 0 Å². The molecule has 2 bridgehead atoms. The van der Waals surface area contributed by atoms with Gasteiger partial charge in [-0.2, -0.15) is 0 Å². The molecule has 0 saturated heterocycles. The molecule has 90 valence electrons. The van der Waals surface area contributed by atoms with Crippen molar-refractivity contribution in [2.75, 3.05) is 0 Å². The minimum atomic E-state index is 0.415. The van der Waals surface area contributed by atoms with Gasteiger partial charge < -0.3 is 4.98 Å². The summed E-state index contributed by atoms with van der Waals surface area (Å²) in [5.41, 5.74) is 8.86. The van der Waals surface area contributed by atoms with Crippen molar-refractivity contribution < 1.29 is 0 Å². The molecule has 3 aromatic rings. The molecule has 1 N–H and O–H groups in total. The molecule has 1 nitrogen and oxygen atoms in total. The van der Waals surface area contributed by atoms with Crippen LogP contribution in [0.3, 0.4) is 0 Å². The summed E-state index contributed by atoms with van der Waals surface area (Å²) in [6.07, 6.45) is 4.36. The van der Waals surface area contributed by atoms with E-state index in [2.05, 4.69) is 65.9 Å². The lowest BCUT2D eigenvalue weighted by molar-refractivity contribution is 0.761. The molecule has 1 heteroatoms. The maximum absolute atomic E-state index is 3.31. The van der Waals surface area contributed by atoms with Gasteiger partial charge in [0.25, 0.3) is 0 Å². The largest absolute Gasteiger partial charge is 0.367 e. The maximum Gasteiger partial charge on any atom is 0.0364 e. The molecule has 1 heterocycles. The molecule has 0 amide bonds. The van der Waals surface area contributed by atoms with Crippen LogP contribution in [0.1, 0.15) is 45.2 Å². The first-order chi connectivity index (χ1) is 9.45. The van der Waals surface area contributed by atoms with E-state index in [0.29, 0.717) is 11.8 Å². The quantitative estimate of drug-likeness (QED) is 0.423. The zero-order valence-electron chi connectivity index (χ0n) is 10.4. The highest BCUT2D eigenvalue weighted by atomic mass is 14.7. The van der Waals surface area contributed by atoms with Crippen molar-refractivity contribution in [1.29, 1.82) is 0 Å². The van der Waals surface area contributed by atoms with Gasteiger partial charge >= 0.3 is 0 Å². The van der Waals surface area contributed by atoms with Crippen LogP contribution in [0.4, 0.5) is 0 Å². The summed E-state index contributed by atoms with van der Waals surface area (Å²) in [5, 5.41) is 0. The summed E-state index contributed by atoms with van der Waals surface area (Å²) in [6.45, 7) is 0. The summed E-state index contributed by atoms with van der Waals surface area (Å²) in [6, 6.07) is 17.8. The van der Waals surface area contributed by atoms with Gasteiger partial charge in [0, 0.05) is 24.2 Å². The molecule has 0 saturated carbocycles. The lowest BCUT2D eigenvalue weighted by atomic mass is 9.62. The number of hydrogen-bond acceptors (Lipinski definition) is 0. The van der Waals surface area contributed by atoms with Gasteiger partial charge in [-0.1, -0.05) is 48.5 Å². The number of H-pyrrole nitrogens is 1. The Kier molecular flexibility index (Phi) is 1.61. The van der Waals surface area contributed by atoms with Crippen molar-refractivity contribution in [3.63, 3.8) is 0 Å². The molecule has 1 aromatic heterocycles. The van der Waals surface area contributed by atoms with Crippen LogP contribution in [-0.2, 0) is 0 Å². The molecule has 6 rings (SSSR count). The minimum Gasteiger partial charge on any atom is -0.367 e. The number of hydrogen-bond donors (Lipinski definition) is 1. The fraction of sp³-hybridized carbons (Fsp3) is 0.111. The predicted octanol–water partition coefficient (Wildman–Crippen LogP) is 4.00. The Bertz CT molecular complexity index is 685. The van der Waals surface area contributed by atoms with E-state index < -0.39 is 0 Å². The van der Waals surface area contributed by atoms with E-state index in [1.165, 1.54) is 33.4 Å². The fourth-order valence-corrected chi connectivity index (χ4v) is 3.97. The van der Waals surface area contributed by atoms with E-state index in [1.807, 2.05) is 0 Å². The van der Waals surface area contributed by atoms with Gasteiger partial charge in [0.15, 0.2) is 0 Å². The number of nitrogens with one attached hydrogen (secondary N) is 1. The van der Waals surface area contributed by atoms with Crippen LogP contribution in [0.25, 0.3) is 0 Å². The van der Waals surface area contributed by atoms with E-state index in [4.69, 9.17) is 0 Å². The second kappa shape index (κ2) is 3.18. The van der Waals surface area contributed by atoms with Gasteiger partial charge in [-0.25, -0.2) is 0 Å². The first-order valence-electron chi connectivity index (χ1n) is 6.79. The molecule has 0 spiro atoms. The first kappa shape index (κ1) is 9.62. The van der Waals surface area contributed by atoms with Crippen molar-refractivity contribution in [1.82, 2.24) is 4.98 Å². The number of rotatable bonds is 0. The van der Waals surface area contributed by atoms with Crippen molar-refractivity contribution in [3.05, 3.63) is 94.3 Å². The summed E-state index contributed by atoms with van der Waals surface area (Å²) >= 11 is 0. The molecule has 0 aliphatic heterocycles. The van der Waals surface area contributed by atoms with E-state index in [-0.39, 0.29) is 0 Å². The number of aromatic nitrogens is 1. The highest BCUT2D eigenvalue weighted by Crippen LogP contribution is 2.55. The normalized spacial score (nSPS) is 21.7. The Morgan fingerprint density at radius 3 is 1.26 bits per heavy atom. The van der Waals surface area contributed by atoms with E-state index in [1.54, 1.807) is 0 Å². The summed E-state index contributed by atoms with van der Waals surface area (Å²) in [5.74, 6) is 0.831. The fourth-order valence-electron chi connectivity index (χ4n) is 3.97.